The molecule has 3 aromatic rings. The molecule has 1 aromatic carbocycles. The van der Waals surface area contributed by atoms with Crippen LogP contribution in [0.5, 0.6) is 0 Å². The Labute approximate surface area is 136 Å². The summed E-state index contributed by atoms with van der Waals surface area (Å²) in [5.41, 5.74) is 0.960. The maximum absolute atomic E-state index is 11.8. The van der Waals surface area contributed by atoms with E-state index in [1.807, 2.05) is 6.07 Å². The zero-order chi connectivity index (χ0) is 15.5. The molecule has 1 amide bonds. The standard InChI is InChI=1S/C15H11Cl2N3O2/c16-11-4-3-10(8-12(11)17)9-20-6-5-14(19-20)18-15(21)13-2-1-7-22-13/h1-8H,9H2,(H,18,19,21). The lowest BCUT2D eigenvalue weighted by Crippen LogP contribution is -2.12. The van der Waals surface area contributed by atoms with Crippen LogP contribution in [0.4, 0.5) is 5.82 Å². The summed E-state index contributed by atoms with van der Waals surface area (Å²) in [6, 6.07) is 10.3. The van der Waals surface area contributed by atoms with Gasteiger partial charge in [-0.2, -0.15) is 5.10 Å². The van der Waals surface area contributed by atoms with E-state index in [4.69, 9.17) is 27.6 Å². The summed E-state index contributed by atoms with van der Waals surface area (Å²) in [4.78, 5) is 11.8. The second kappa shape index (κ2) is 6.25. The Balaban J connectivity index is 1.68. The van der Waals surface area contributed by atoms with Crippen molar-refractivity contribution < 1.29 is 9.21 Å². The monoisotopic (exact) mass is 335 g/mol. The van der Waals surface area contributed by atoms with Crippen LogP contribution < -0.4 is 5.32 Å². The van der Waals surface area contributed by atoms with Gasteiger partial charge in [0.15, 0.2) is 11.6 Å². The number of nitrogens with one attached hydrogen (secondary N) is 1. The first-order valence-corrected chi connectivity index (χ1v) is 7.19. The van der Waals surface area contributed by atoms with Crippen molar-refractivity contribution in [2.45, 2.75) is 6.54 Å². The Morgan fingerprint density at radius 3 is 2.82 bits per heavy atom. The molecule has 1 N–H and O–H groups in total. The molecule has 0 saturated carbocycles. The SMILES string of the molecule is O=C(Nc1ccn(Cc2ccc(Cl)c(Cl)c2)n1)c1ccco1. The van der Waals surface area contributed by atoms with Crippen molar-refractivity contribution in [3.8, 4) is 0 Å². The molecule has 22 heavy (non-hydrogen) atoms. The van der Waals surface area contributed by atoms with Gasteiger partial charge in [-0.1, -0.05) is 29.3 Å². The molecule has 7 heteroatoms. The third-order valence-electron chi connectivity index (χ3n) is 2.96. The first kappa shape index (κ1) is 14.7. The zero-order valence-electron chi connectivity index (χ0n) is 11.3. The molecule has 0 bridgehead atoms. The highest BCUT2D eigenvalue weighted by atomic mass is 35.5. The molecule has 112 valence electrons. The second-order valence-corrected chi connectivity index (χ2v) is 5.39. The predicted octanol–water partition coefficient (Wildman–Crippen LogP) is 4.08. The zero-order valence-corrected chi connectivity index (χ0v) is 12.8. The second-order valence-electron chi connectivity index (χ2n) is 4.58. The van der Waals surface area contributed by atoms with Gasteiger partial charge in [-0.3, -0.25) is 9.48 Å². The normalized spacial score (nSPS) is 10.6. The Morgan fingerprint density at radius 1 is 1.23 bits per heavy atom. The summed E-state index contributed by atoms with van der Waals surface area (Å²) in [6.45, 7) is 0.521. The molecule has 0 saturated heterocycles. The van der Waals surface area contributed by atoms with Crippen molar-refractivity contribution in [2.75, 3.05) is 5.32 Å². The molecule has 0 aliphatic carbocycles. The molecule has 0 aliphatic heterocycles. The van der Waals surface area contributed by atoms with E-state index in [9.17, 15) is 4.79 Å². The van der Waals surface area contributed by atoms with Crippen molar-refractivity contribution in [3.05, 3.63) is 70.2 Å². The van der Waals surface area contributed by atoms with Crippen LogP contribution in [0, 0.1) is 0 Å². The maximum Gasteiger partial charge on any atom is 0.292 e. The van der Waals surface area contributed by atoms with Crippen molar-refractivity contribution in [3.63, 3.8) is 0 Å². The van der Waals surface area contributed by atoms with Crippen LogP contribution in [-0.4, -0.2) is 15.7 Å². The number of hydrogen-bond donors (Lipinski definition) is 1. The summed E-state index contributed by atoms with van der Waals surface area (Å²) >= 11 is 11.9. The number of nitrogens with zero attached hydrogens (tertiary/aromatic N) is 2. The van der Waals surface area contributed by atoms with Gasteiger partial charge in [0.25, 0.3) is 5.91 Å². The molecule has 5 nitrogen and oxygen atoms in total. The third-order valence-corrected chi connectivity index (χ3v) is 3.69. The van der Waals surface area contributed by atoms with Gasteiger partial charge in [-0.05, 0) is 29.8 Å². The van der Waals surface area contributed by atoms with Crippen molar-refractivity contribution in [2.24, 2.45) is 0 Å². The van der Waals surface area contributed by atoms with E-state index in [0.29, 0.717) is 22.4 Å². The minimum atomic E-state index is -0.343. The summed E-state index contributed by atoms with van der Waals surface area (Å²) in [6.07, 6.45) is 3.21. The lowest BCUT2D eigenvalue weighted by molar-refractivity contribution is 0.0996. The van der Waals surface area contributed by atoms with Crippen molar-refractivity contribution in [1.29, 1.82) is 0 Å². The summed E-state index contributed by atoms with van der Waals surface area (Å²) < 4.78 is 6.71. The Bertz CT molecular complexity index is 797. The van der Waals surface area contributed by atoms with Gasteiger partial charge in [-0.25, -0.2) is 0 Å². The number of carbonyl (C=O) groups excluding carboxylic acids is 1. The number of aromatic nitrogens is 2. The van der Waals surface area contributed by atoms with Gasteiger partial charge in [0.1, 0.15) is 0 Å². The molecule has 0 unspecified atom stereocenters. The number of benzene rings is 1. The first-order chi connectivity index (χ1) is 10.6. The summed E-state index contributed by atoms with van der Waals surface area (Å²) in [7, 11) is 0. The smallest absolute Gasteiger partial charge is 0.292 e. The highest BCUT2D eigenvalue weighted by Crippen LogP contribution is 2.23. The van der Waals surface area contributed by atoms with E-state index < -0.39 is 0 Å². The molecule has 0 fully saturated rings. The van der Waals surface area contributed by atoms with E-state index in [1.54, 1.807) is 41.2 Å². The van der Waals surface area contributed by atoms with Gasteiger partial charge in [0.05, 0.1) is 22.9 Å². The minimum absolute atomic E-state index is 0.235. The number of rotatable bonds is 4. The van der Waals surface area contributed by atoms with E-state index in [-0.39, 0.29) is 11.7 Å². The maximum atomic E-state index is 11.8. The van der Waals surface area contributed by atoms with E-state index in [0.717, 1.165) is 5.56 Å². The third kappa shape index (κ3) is 3.32. The largest absolute Gasteiger partial charge is 0.459 e. The number of anilines is 1. The first-order valence-electron chi connectivity index (χ1n) is 6.44. The van der Waals surface area contributed by atoms with Crippen LogP contribution in [0.1, 0.15) is 16.1 Å². The lowest BCUT2D eigenvalue weighted by Gasteiger charge is -2.04. The fraction of sp³-hybridized carbons (Fsp3) is 0.0667. The van der Waals surface area contributed by atoms with E-state index >= 15 is 0 Å². The Hall–Kier alpha value is -2.24. The highest BCUT2D eigenvalue weighted by Gasteiger charge is 2.10. The molecule has 3 rings (SSSR count). The molecule has 0 aliphatic rings. The predicted molar refractivity (Wildman–Crippen MR) is 84.5 cm³/mol. The van der Waals surface area contributed by atoms with Gasteiger partial charge < -0.3 is 9.73 Å². The number of carbonyl (C=O) groups is 1. The molecule has 0 atom stereocenters. The molecule has 2 heterocycles. The molecular weight excluding hydrogens is 325 g/mol. The van der Waals surface area contributed by atoms with Crippen molar-refractivity contribution in [1.82, 2.24) is 9.78 Å². The fourth-order valence-corrected chi connectivity index (χ4v) is 2.25. The summed E-state index contributed by atoms with van der Waals surface area (Å²) in [5.74, 6) is 0.338. The molecule has 2 aromatic heterocycles. The average molecular weight is 336 g/mol. The van der Waals surface area contributed by atoms with Crippen LogP contribution in [-0.2, 0) is 6.54 Å². The number of amides is 1. The van der Waals surface area contributed by atoms with Gasteiger partial charge in [-0.15, -0.1) is 0 Å². The van der Waals surface area contributed by atoms with Crippen LogP contribution in [0.2, 0.25) is 10.0 Å². The fourth-order valence-electron chi connectivity index (χ4n) is 1.93. The summed E-state index contributed by atoms with van der Waals surface area (Å²) in [5, 5.41) is 7.94. The Morgan fingerprint density at radius 2 is 2.09 bits per heavy atom. The van der Waals surface area contributed by atoms with Gasteiger partial charge >= 0.3 is 0 Å². The van der Waals surface area contributed by atoms with E-state index in [1.165, 1.54) is 6.26 Å². The molecular formula is C15H11Cl2N3O2. The number of hydrogen-bond acceptors (Lipinski definition) is 3. The van der Waals surface area contributed by atoms with Crippen LogP contribution in [0.15, 0.2) is 53.3 Å². The van der Waals surface area contributed by atoms with Crippen LogP contribution in [0.25, 0.3) is 0 Å². The number of halogens is 2. The van der Waals surface area contributed by atoms with Gasteiger partial charge in [0.2, 0.25) is 0 Å². The highest BCUT2D eigenvalue weighted by molar-refractivity contribution is 6.42. The van der Waals surface area contributed by atoms with Crippen LogP contribution >= 0.6 is 23.2 Å². The lowest BCUT2D eigenvalue weighted by atomic mass is 10.2. The van der Waals surface area contributed by atoms with E-state index in [2.05, 4.69) is 10.4 Å². The topological polar surface area (TPSA) is 60.1 Å². The average Bonchev–Trinajstić information content (AvgIpc) is 3.15. The quantitative estimate of drug-likeness (QED) is 0.781. The van der Waals surface area contributed by atoms with Crippen LogP contribution in [0.3, 0.4) is 0 Å². The van der Waals surface area contributed by atoms with Gasteiger partial charge in [0, 0.05) is 12.3 Å². The van der Waals surface area contributed by atoms with Crippen molar-refractivity contribution >= 4 is 34.9 Å². The molecule has 0 radical (unpaired) electrons. The molecule has 0 spiro atoms. The number of furan rings is 1. The Kier molecular flexibility index (Phi) is 4.18. The minimum Gasteiger partial charge on any atom is -0.459 e.